The van der Waals surface area contributed by atoms with Gasteiger partial charge in [-0.15, -0.1) is 0 Å². The van der Waals surface area contributed by atoms with Crippen LogP contribution >= 0.6 is 0 Å². The van der Waals surface area contributed by atoms with Crippen LogP contribution in [0.5, 0.6) is 0 Å². The van der Waals surface area contributed by atoms with E-state index < -0.39 is 0 Å². The summed E-state index contributed by atoms with van der Waals surface area (Å²) in [5, 5.41) is 0. The van der Waals surface area contributed by atoms with E-state index in [4.69, 9.17) is 10.6 Å². The third-order valence-electron chi connectivity index (χ3n) is 3.07. The largest absolute Gasteiger partial charge is 0.376 e. The van der Waals surface area contributed by atoms with Crippen molar-refractivity contribution in [3.05, 3.63) is 47.2 Å². The zero-order valence-electron chi connectivity index (χ0n) is 10.5. The van der Waals surface area contributed by atoms with Gasteiger partial charge in [0.15, 0.2) is 0 Å². The smallest absolute Gasteiger partial charge is 0.149 e. The highest BCUT2D eigenvalue weighted by molar-refractivity contribution is 5.46. The molecule has 0 saturated heterocycles. The fourth-order valence-electron chi connectivity index (χ4n) is 2.15. The third kappa shape index (κ3) is 2.54. The van der Waals surface area contributed by atoms with Gasteiger partial charge in [0.25, 0.3) is 0 Å². The van der Waals surface area contributed by atoms with Crippen LogP contribution in [0.25, 0.3) is 0 Å². The summed E-state index contributed by atoms with van der Waals surface area (Å²) in [6.07, 6.45) is 3.16. The molecular weight excluding hydrogens is 242 g/mol. The van der Waals surface area contributed by atoms with E-state index in [-0.39, 0.29) is 0 Å². The van der Waals surface area contributed by atoms with Gasteiger partial charge in [0.05, 0.1) is 25.3 Å². The molecule has 0 aliphatic carbocycles. The third-order valence-corrected chi connectivity index (χ3v) is 3.07. The second-order valence-corrected chi connectivity index (χ2v) is 4.36. The zero-order valence-corrected chi connectivity index (χ0v) is 10.5. The number of anilines is 1. The molecule has 3 N–H and O–H groups in total. The average molecular weight is 257 g/mol. The molecule has 2 aromatic heterocycles. The van der Waals surface area contributed by atoms with Crippen molar-refractivity contribution < 1.29 is 4.74 Å². The summed E-state index contributed by atoms with van der Waals surface area (Å²) in [6, 6.07) is 5.81. The maximum absolute atomic E-state index is 5.52. The molecule has 6 heteroatoms. The van der Waals surface area contributed by atoms with Crippen LogP contribution in [-0.4, -0.2) is 21.6 Å². The number of nitrogens with one attached hydrogen (secondary N) is 1. The Kier molecular flexibility index (Phi) is 3.35. The quantitative estimate of drug-likeness (QED) is 0.625. The molecule has 0 saturated carbocycles. The fraction of sp³-hybridized carbons (Fsp3) is 0.308. The van der Waals surface area contributed by atoms with Gasteiger partial charge in [0.2, 0.25) is 0 Å². The highest BCUT2D eigenvalue weighted by Gasteiger charge is 2.17. The van der Waals surface area contributed by atoms with Crippen LogP contribution in [0.3, 0.4) is 0 Å². The van der Waals surface area contributed by atoms with Crippen molar-refractivity contribution in [3.8, 4) is 0 Å². The number of fused-ring (bicyclic) bond motifs is 1. The summed E-state index contributed by atoms with van der Waals surface area (Å²) in [7, 11) is 0. The standard InChI is InChI=1S/C13H15N5O/c14-18-13-10-8-19-6-4-11(10)16-12(17-13)7-9-3-1-2-5-15-9/h1-3,5H,4,6-8,14H2,(H,16,17,18). The van der Waals surface area contributed by atoms with E-state index in [0.29, 0.717) is 25.5 Å². The topological polar surface area (TPSA) is 86.0 Å². The SMILES string of the molecule is NNc1nc(Cc2ccccn2)nc2c1COCC2. The van der Waals surface area contributed by atoms with Crippen molar-refractivity contribution in [3.63, 3.8) is 0 Å². The summed E-state index contributed by atoms with van der Waals surface area (Å²) in [5.41, 5.74) is 5.54. The van der Waals surface area contributed by atoms with Gasteiger partial charge in [-0.05, 0) is 12.1 Å². The Bertz CT molecular complexity index is 555. The normalized spacial score (nSPS) is 13.9. The van der Waals surface area contributed by atoms with Gasteiger partial charge in [0, 0.05) is 23.9 Å². The molecule has 3 heterocycles. The van der Waals surface area contributed by atoms with E-state index in [1.165, 1.54) is 0 Å². The summed E-state index contributed by atoms with van der Waals surface area (Å²) in [4.78, 5) is 13.3. The van der Waals surface area contributed by atoms with E-state index in [9.17, 15) is 0 Å². The first kappa shape index (κ1) is 12.0. The molecule has 0 radical (unpaired) electrons. The molecule has 0 aromatic carbocycles. The van der Waals surface area contributed by atoms with E-state index >= 15 is 0 Å². The number of nitrogens with two attached hydrogens (primary N) is 1. The number of aromatic nitrogens is 3. The number of rotatable bonds is 3. The van der Waals surface area contributed by atoms with Gasteiger partial charge in [-0.3, -0.25) is 4.98 Å². The maximum Gasteiger partial charge on any atom is 0.149 e. The number of nitrogen functional groups attached to an aromatic ring is 1. The van der Waals surface area contributed by atoms with E-state index in [2.05, 4.69) is 20.4 Å². The molecule has 1 aliphatic heterocycles. The van der Waals surface area contributed by atoms with E-state index in [1.54, 1.807) is 6.20 Å². The first-order valence-corrected chi connectivity index (χ1v) is 6.20. The number of ether oxygens (including phenoxy) is 1. The summed E-state index contributed by atoms with van der Waals surface area (Å²) in [5.74, 6) is 6.90. The second kappa shape index (κ2) is 5.29. The second-order valence-electron chi connectivity index (χ2n) is 4.36. The molecule has 6 nitrogen and oxygen atoms in total. The number of hydrogen-bond donors (Lipinski definition) is 2. The lowest BCUT2D eigenvalue weighted by atomic mass is 10.1. The van der Waals surface area contributed by atoms with Crippen LogP contribution in [0.1, 0.15) is 22.8 Å². The van der Waals surface area contributed by atoms with Crippen molar-refractivity contribution in [2.75, 3.05) is 12.0 Å². The van der Waals surface area contributed by atoms with Gasteiger partial charge in [-0.1, -0.05) is 6.07 Å². The molecule has 3 rings (SSSR count). The molecule has 0 spiro atoms. The fourth-order valence-corrected chi connectivity index (χ4v) is 2.15. The van der Waals surface area contributed by atoms with Gasteiger partial charge < -0.3 is 10.2 Å². The predicted octanol–water partition coefficient (Wildman–Crippen LogP) is 0.821. The first-order valence-electron chi connectivity index (χ1n) is 6.20. The van der Waals surface area contributed by atoms with Crippen LogP contribution in [0.4, 0.5) is 5.82 Å². The summed E-state index contributed by atoms with van der Waals surface area (Å²) >= 11 is 0. The van der Waals surface area contributed by atoms with Crippen LogP contribution in [0.2, 0.25) is 0 Å². The van der Waals surface area contributed by atoms with Crippen LogP contribution < -0.4 is 11.3 Å². The van der Waals surface area contributed by atoms with Gasteiger partial charge in [0.1, 0.15) is 11.6 Å². The first-order chi connectivity index (χ1) is 9.36. The molecule has 98 valence electrons. The van der Waals surface area contributed by atoms with Gasteiger partial charge >= 0.3 is 0 Å². The highest BCUT2D eigenvalue weighted by atomic mass is 16.5. The Morgan fingerprint density at radius 2 is 2.26 bits per heavy atom. The van der Waals surface area contributed by atoms with E-state index in [1.807, 2.05) is 18.2 Å². The maximum atomic E-state index is 5.52. The van der Waals surface area contributed by atoms with Crippen LogP contribution in [0, 0.1) is 0 Å². The Morgan fingerprint density at radius 1 is 1.32 bits per heavy atom. The van der Waals surface area contributed by atoms with Crippen LogP contribution in [-0.2, 0) is 24.2 Å². The van der Waals surface area contributed by atoms with Gasteiger partial charge in [-0.2, -0.15) is 0 Å². The molecule has 1 aliphatic rings. The molecule has 0 fully saturated rings. The van der Waals surface area contributed by atoms with Crippen molar-refractivity contribution in [2.24, 2.45) is 5.84 Å². The van der Waals surface area contributed by atoms with Crippen molar-refractivity contribution in [1.82, 2.24) is 15.0 Å². The minimum Gasteiger partial charge on any atom is -0.376 e. The minimum atomic E-state index is 0.513. The Labute approximate surface area is 111 Å². The monoisotopic (exact) mass is 257 g/mol. The lowest BCUT2D eigenvalue weighted by molar-refractivity contribution is 0.109. The molecule has 0 unspecified atom stereocenters. The number of nitrogens with zero attached hydrogens (tertiary/aromatic N) is 3. The van der Waals surface area contributed by atoms with Crippen molar-refractivity contribution >= 4 is 5.82 Å². The molecule has 0 amide bonds. The summed E-state index contributed by atoms with van der Waals surface area (Å²) < 4.78 is 5.41. The number of hydrazine groups is 1. The molecule has 19 heavy (non-hydrogen) atoms. The number of pyridine rings is 1. The van der Waals surface area contributed by atoms with E-state index in [0.717, 1.165) is 29.2 Å². The zero-order chi connectivity index (χ0) is 13.1. The average Bonchev–Trinajstić information content (AvgIpc) is 2.47. The Balaban J connectivity index is 1.94. The van der Waals surface area contributed by atoms with Gasteiger partial charge in [-0.25, -0.2) is 15.8 Å². The lowest BCUT2D eigenvalue weighted by Gasteiger charge is -2.19. The Hall–Kier alpha value is -2.05. The van der Waals surface area contributed by atoms with Crippen molar-refractivity contribution in [1.29, 1.82) is 0 Å². The Morgan fingerprint density at radius 3 is 3.05 bits per heavy atom. The van der Waals surface area contributed by atoms with Crippen molar-refractivity contribution in [2.45, 2.75) is 19.4 Å². The minimum absolute atomic E-state index is 0.513. The molecule has 0 atom stereocenters. The lowest BCUT2D eigenvalue weighted by Crippen LogP contribution is -2.20. The summed E-state index contributed by atoms with van der Waals surface area (Å²) in [6.45, 7) is 1.20. The highest BCUT2D eigenvalue weighted by Crippen LogP contribution is 2.22. The predicted molar refractivity (Wildman–Crippen MR) is 70.2 cm³/mol. The van der Waals surface area contributed by atoms with Crippen LogP contribution in [0.15, 0.2) is 24.4 Å². The molecular formula is C13H15N5O. The molecule has 2 aromatic rings. The number of hydrogen-bond acceptors (Lipinski definition) is 6. The molecule has 0 bridgehead atoms.